The van der Waals surface area contributed by atoms with Crippen molar-refractivity contribution in [2.45, 2.75) is 25.8 Å². The van der Waals surface area contributed by atoms with Crippen LogP contribution in [-0.2, 0) is 7.05 Å². The van der Waals surface area contributed by atoms with Gasteiger partial charge in [-0.05, 0) is 48.4 Å². The highest BCUT2D eigenvalue weighted by Gasteiger charge is 2.22. The first-order valence-corrected chi connectivity index (χ1v) is 9.35. The molecule has 3 rings (SSSR count). The number of carbonyl (C=O) groups is 1. The highest BCUT2D eigenvalue weighted by molar-refractivity contribution is 5.94. The number of aryl methyl sites for hydroxylation is 1. The van der Waals surface area contributed by atoms with E-state index in [0.29, 0.717) is 23.6 Å². The van der Waals surface area contributed by atoms with E-state index in [4.69, 9.17) is 4.74 Å². The molecule has 0 fully saturated rings. The lowest BCUT2D eigenvalue weighted by atomic mass is 10.0. The number of amides is 1. The SMILES string of the molecule is CCCCOc1ccc(C(=O)NC(c2cccc(F)c2)c2nccn2C)cc1. The lowest BCUT2D eigenvalue weighted by molar-refractivity contribution is 0.0941. The predicted molar refractivity (Wildman–Crippen MR) is 106 cm³/mol. The second-order valence-corrected chi connectivity index (χ2v) is 6.58. The maximum Gasteiger partial charge on any atom is 0.252 e. The Morgan fingerprint density at radius 3 is 2.68 bits per heavy atom. The number of benzene rings is 2. The lowest BCUT2D eigenvalue weighted by Gasteiger charge is -2.19. The second-order valence-electron chi connectivity index (χ2n) is 6.58. The van der Waals surface area contributed by atoms with E-state index < -0.39 is 6.04 Å². The van der Waals surface area contributed by atoms with E-state index in [1.165, 1.54) is 12.1 Å². The molecule has 28 heavy (non-hydrogen) atoms. The minimum absolute atomic E-state index is 0.266. The molecular weight excluding hydrogens is 357 g/mol. The van der Waals surface area contributed by atoms with Gasteiger partial charge < -0.3 is 14.6 Å². The Hall–Kier alpha value is -3.15. The standard InChI is InChI=1S/C22H24FN3O2/c1-3-4-14-28-19-10-8-16(9-11-19)22(27)25-20(21-24-12-13-26(21)2)17-6-5-7-18(23)15-17/h5-13,15,20H,3-4,14H2,1-2H3,(H,25,27). The number of hydrogen-bond acceptors (Lipinski definition) is 3. The summed E-state index contributed by atoms with van der Waals surface area (Å²) < 4.78 is 21.2. The van der Waals surface area contributed by atoms with Gasteiger partial charge in [0.15, 0.2) is 0 Å². The molecule has 146 valence electrons. The molecule has 1 aromatic heterocycles. The van der Waals surface area contributed by atoms with E-state index in [9.17, 15) is 9.18 Å². The molecule has 2 aromatic carbocycles. The number of nitrogens with one attached hydrogen (secondary N) is 1. The molecule has 1 atom stereocenters. The Morgan fingerprint density at radius 1 is 1.25 bits per heavy atom. The maximum atomic E-state index is 13.7. The molecule has 1 heterocycles. The zero-order valence-corrected chi connectivity index (χ0v) is 16.1. The number of carbonyl (C=O) groups excluding carboxylic acids is 1. The van der Waals surface area contributed by atoms with Crippen LogP contribution in [0.5, 0.6) is 5.75 Å². The van der Waals surface area contributed by atoms with E-state index in [-0.39, 0.29) is 11.7 Å². The van der Waals surface area contributed by atoms with Gasteiger partial charge in [-0.25, -0.2) is 9.37 Å². The van der Waals surface area contributed by atoms with Gasteiger partial charge in [0.1, 0.15) is 23.4 Å². The highest BCUT2D eigenvalue weighted by Crippen LogP contribution is 2.22. The summed E-state index contributed by atoms with van der Waals surface area (Å²) in [4.78, 5) is 17.1. The summed E-state index contributed by atoms with van der Waals surface area (Å²) in [7, 11) is 1.84. The van der Waals surface area contributed by atoms with Crippen LogP contribution in [0.1, 0.15) is 47.6 Å². The summed E-state index contributed by atoms with van der Waals surface area (Å²) in [5.74, 6) is 0.728. The Kier molecular flexibility index (Phi) is 6.42. The summed E-state index contributed by atoms with van der Waals surface area (Å²) in [6.45, 7) is 2.76. The average Bonchev–Trinajstić information content (AvgIpc) is 3.12. The van der Waals surface area contributed by atoms with E-state index in [1.54, 1.807) is 53.4 Å². The molecule has 0 saturated carbocycles. The topological polar surface area (TPSA) is 56.1 Å². The molecule has 1 amide bonds. The molecule has 3 aromatic rings. The fraction of sp³-hybridized carbons (Fsp3) is 0.273. The van der Waals surface area contributed by atoms with E-state index in [0.717, 1.165) is 18.6 Å². The Bertz CT molecular complexity index is 922. The van der Waals surface area contributed by atoms with Gasteiger partial charge in [0.25, 0.3) is 5.91 Å². The number of rotatable bonds is 8. The number of ether oxygens (including phenoxy) is 1. The van der Waals surface area contributed by atoms with E-state index in [2.05, 4.69) is 17.2 Å². The molecule has 0 aliphatic heterocycles. The van der Waals surface area contributed by atoms with Crippen molar-refractivity contribution in [3.05, 3.63) is 83.7 Å². The van der Waals surface area contributed by atoms with Gasteiger partial charge in [-0.1, -0.05) is 25.5 Å². The predicted octanol–water partition coefficient (Wildman–Crippen LogP) is 4.26. The molecule has 5 nitrogen and oxygen atoms in total. The van der Waals surface area contributed by atoms with Crippen molar-refractivity contribution < 1.29 is 13.9 Å². The number of aromatic nitrogens is 2. The van der Waals surface area contributed by atoms with Gasteiger partial charge in [-0.2, -0.15) is 0 Å². The summed E-state index contributed by atoms with van der Waals surface area (Å²) in [6.07, 6.45) is 5.49. The van der Waals surface area contributed by atoms with Crippen molar-refractivity contribution in [1.82, 2.24) is 14.9 Å². The van der Waals surface area contributed by atoms with Crippen molar-refractivity contribution >= 4 is 5.91 Å². The van der Waals surface area contributed by atoms with Crippen molar-refractivity contribution in [3.63, 3.8) is 0 Å². The van der Waals surface area contributed by atoms with Crippen LogP contribution in [0, 0.1) is 5.82 Å². The van der Waals surface area contributed by atoms with Crippen LogP contribution < -0.4 is 10.1 Å². The molecule has 6 heteroatoms. The maximum absolute atomic E-state index is 13.7. The van der Waals surface area contributed by atoms with Crippen molar-refractivity contribution in [2.24, 2.45) is 7.05 Å². The number of halogens is 1. The lowest BCUT2D eigenvalue weighted by Crippen LogP contribution is -2.31. The number of hydrogen-bond donors (Lipinski definition) is 1. The Morgan fingerprint density at radius 2 is 2.04 bits per heavy atom. The summed E-state index contributed by atoms with van der Waals surface area (Å²) >= 11 is 0. The van der Waals surface area contributed by atoms with E-state index in [1.807, 2.05) is 7.05 Å². The van der Waals surface area contributed by atoms with Crippen molar-refractivity contribution in [3.8, 4) is 5.75 Å². The summed E-state index contributed by atoms with van der Waals surface area (Å²) in [5.41, 5.74) is 1.13. The molecule has 0 aliphatic carbocycles. The van der Waals surface area contributed by atoms with Crippen molar-refractivity contribution in [2.75, 3.05) is 6.61 Å². The molecule has 0 radical (unpaired) electrons. The smallest absolute Gasteiger partial charge is 0.252 e. The van der Waals surface area contributed by atoms with Crippen LogP contribution in [0.25, 0.3) is 0 Å². The molecule has 0 spiro atoms. The largest absolute Gasteiger partial charge is 0.494 e. The van der Waals surface area contributed by atoms with Crippen LogP contribution in [0.2, 0.25) is 0 Å². The monoisotopic (exact) mass is 381 g/mol. The molecule has 1 unspecified atom stereocenters. The molecule has 0 aliphatic rings. The Labute approximate surface area is 164 Å². The molecular formula is C22H24FN3O2. The third-order valence-corrected chi connectivity index (χ3v) is 4.46. The fourth-order valence-electron chi connectivity index (χ4n) is 2.89. The minimum Gasteiger partial charge on any atom is -0.494 e. The summed E-state index contributed by atoms with van der Waals surface area (Å²) in [6, 6.07) is 12.6. The zero-order valence-electron chi connectivity index (χ0n) is 16.1. The Balaban J connectivity index is 1.79. The fourth-order valence-corrected chi connectivity index (χ4v) is 2.89. The second kappa shape index (κ2) is 9.17. The number of imidazole rings is 1. The van der Waals surface area contributed by atoms with Crippen LogP contribution in [0.4, 0.5) is 4.39 Å². The minimum atomic E-state index is -0.566. The first-order valence-electron chi connectivity index (χ1n) is 9.35. The van der Waals surface area contributed by atoms with Gasteiger partial charge in [0.05, 0.1) is 6.61 Å². The highest BCUT2D eigenvalue weighted by atomic mass is 19.1. The van der Waals surface area contributed by atoms with Gasteiger partial charge in [0.2, 0.25) is 0 Å². The first kappa shape index (κ1) is 19.6. The van der Waals surface area contributed by atoms with Crippen molar-refractivity contribution in [1.29, 1.82) is 0 Å². The molecule has 0 saturated heterocycles. The van der Waals surface area contributed by atoms with Crippen LogP contribution in [0.15, 0.2) is 60.9 Å². The molecule has 1 N–H and O–H groups in total. The van der Waals surface area contributed by atoms with Gasteiger partial charge in [0, 0.05) is 25.0 Å². The number of unbranched alkanes of at least 4 members (excludes halogenated alkanes) is 1. The van der Waals surface area contributed by atoms with Crippen LogP contribution in [-0.4, -0.2) is 22.1 Å². The third kappa shape index (κ3) is 4.76. The van der Waals surface area contributed by atoms with E-state index >= 15 is 0 Å². The first-order chi connectivity index (χ1) is 13.6. The van der Waals surface area contributed by atoms with Crippen LogP contribution in [0.3, 0.4) is 0 Å². The quantitative estimate of drug-likeness (QED) is 0.593. The van der Waals surface area contributed by atoms with Gasteiger partial charge >= 0.3 is 0 Å². The summed E-state index contributed by atoms with van der Waals surface area (Å²) in [5, 5.41) is 2.96. The number of nitrogens with zero attached hydrogens (tertiary/aromatic N) is 2. The van der Waals surface area contributed by atoms with Gasteiger partial charge in [-0.15, -0.1) is 0 Å². The average molecular weight is 381 g/mol. The normalized spacial score (nSPS) is 11.8. The van der Waals surface area contributed by atoms with Crippen LogP contribution >= 0.6 is 0 Å². The molecule has 0 bridgehead atoms. The van der Waals surface area contributed by atoms with Gasteiger partial charge in [-0.3, -0.25) is 4.79 Å². The zero-order chi connectivity index (χ0) is 19.9. The third-order valence-electron chi connectivity index (χ3n) is 4.46.